The van der Waals surface area contributed by atoms with Gasteiger partial charge in [0.25, 0.3) is 5.91 Å². The molecule has 1 aliphatic rings. The number of ether oxygens (including phenoxy) is 1. The van der Waals surface area contributed by atoms with Crippen molar-refractivity contribution in [1.82, 2.24) is 24.6 Å². The van der Waals surface area contributed by atoms with E-state index < -0.39 is 0 Å². The van der Waals surface area contributed by atoms with E-state index in [9.17, 15) is 4.79 Å². The molecule has 9 heteroatoms. The minimum atomic E-state index is -0.350. The minimum absolute atomic E-state index is 0.0479. The molecule has 5 rings (SSSR count). The third-order valence-corrected chi connectivity index (χ3v) is 7.79. The van der Waals surface area contributed by atoms with Gasteiger partial charge in [0.2, 0.25) is 0 Å². The molecule has 2 aromatic heterocycles. The summed E-state index contributed by atoms with van der Waals surface area (Å²) < 4.78 is 7.53. The summed E-state index contributed by atoms with van der Waals surface area (Å²) in [5.74, 6) is 1.75. The lowest BCUT2D eigenvalue weighted by molar-refractivity contribution is 0.0746. The Morgan fingerprint density at radius 3 is 2.44 bits per heavy atom. The summed E-state index contributed by atoms with van der Waals surface area (Å²) in [6.07, 6.45) is 5.14. The van der Waals surface area contributed by atoms with Gasteiger partial charge in [0.1, 0.15) is 17.9 Å². The number of nitrogens with two attached hydrogens (primary N) is 1. The van der Waals surface area contributed by atoms with Crippen LogP contribution in [0.1, 0.15) is 55.1 Å². The van der Waals surface area contributed by atoms with E-state index in [1.807, 2.05) is 65.2 Å². The van der Waals surface area contributed by atoms with Crippen molar-refractivity contribution in [2.45, 2.75) is 45.7 Å². The van der Waals surface area contributed by atoms with Crippen LogP contribution in [0.5, 0.6) is 5.75 Å². The van der Waals surface area contributed by atoms with Crippen LogP contribution in [0, 0.1) is 0 Å². The normalized spacial score (nSPS) is 14.2. The molecule has 0 bridgehead atoms. The van der Waals surface area contributed by atoms with E-state index in [1.54, 1.807) is 6.33 Å². The summed E-state index contributed by atoms with van der Waals surface area (Å²) in [6.45, 7) is 10.0. The Morgan fingerprint density at radius 1 is 1.00 bits per heavy atom. The van der Waals surface area contributed by atoms with Gasteiger partial charge in [0.15, 0.2) is 5.65 Å². The summed E-state index contributed by atoms with van der Waals surface area (Å²) in [4.78, 5) is 26.5. The van der Waals surface area contributed by atoms with Gasteiger partial charge in [-0.15, -0.1) is 0 Å². The largest absolute Gasteiger partial charge is 0.494 e. The highest BCUT2D eigenvalue weighted by molar-refractivity contribution is 5.94. The zero-order valence-corrected chi connectivity index (χ0v) is 23.0. The Balaban J connectivity index is 1.26. The van der Waals surface area contributed by atoms with E-state index in [2.05, 4.69) is 39.9 Å². The first-order valence-electron chi connectivity index (χ1n) is 13.8. The molecule has 0 radical (unpaired) electrons. The lowest BCUT2D eigenvalue weighted by atomic mass is 9.85. The Hall–Kier alpha value is -3.98. The third-order valence-electron chi connectivity index (χ3n) is 7.79. The average molecular weight is 528 g/mol. The quantitative estimate of drug-likeness (QED) is 0.348. The molecule has 9 nitrogen and oxygen atoms in total. The van der Waals surface area contributed by atoms with Crippen molar-refractivity contribution in [2.75, 3.05) is 37.7 Å². The number of fused-ring (bicyclic) bond motifs is 1. The first-order valence-corrected chi connectivity index (χ1v) is 13.8. The van der Waals surface area contributed by atoms with Gasteiger partial charge in [-0.3, -0.25) is 4.79 Å². The second kappa shape index (κ2) is 11.4. The molecule has 4 aromatic rings. The van der Waals surface area contributed by atoms with Gasteiger partial charge in [-0.2, -0.15) is 5.10 Å². The van der Waals surface area contributed by atoms with Gasteiger partial charge in [0.05, 0.1) is 24.7 Å². The predicted octanol–water partition coefficient (Wildman–Crippen LogP) is 4.21. The van der Waals surface area contributed by atoms with Crippen molar-refractivity contribution >= 4 is 22.8 Å². The fourth-order valence-corrected chi connectivity index (χ4v) is 5.23. The van der Waals surface area contributed by atoms with E-state index >= 15 is 0 Å². The topological polar surface area (TPSA) is 102 Å². The van der Waals surface area contributed by atoms with Crippen molar-refractivity contribution in [3.05, 3.63) is 77.7 Å². The van der Waals surface area contributed by atoms with Gasteiger partial charge in [-0.25, -0.2) is 14.6 Å². The maximum atomic E-state index is 13.2. The molecule has 204 valence electrons. The number of nitrogens with zero attached hydrogens (tertiary/aromatic N) is 6. The zero-order chi connectivity index (χ0) is 27.4. The Kier molecular flexibility index (Phi) is 7.79. The molecule has 0 spiro atoms. The Morgan fingerprint density at radius 2 is 1.74 bits per heavy atom. The fourth-order valence-electron chi connectivity index (χ4n) is 5.23. The Bertz CT molecular complexity index is 1420. The van der Waals surface area contributed by atoms with Crippen molar-refractivity contribution in [3.8, 4) is 5.75 Å². The van der Waals surface area contributed by atoms with E-state index in [0.717, 1.165) is 46.6 Å². The highest BCUT2D eigenvalue weighted by atomic mass is 16.5. The average Bonchev–Trinajstić information content (AvgIpc) is 3.39. The maximum Gasteiger partial charge on any atom is 0.253 e. The SMILES string of the molecule is CCOc1cccc(Cn2ncc3c(N4CCN(C(=O)c5ccc(C(N)(CC)CC)cc5)CC4)ncnc32)c1. The lowest BCUT2D eigenvalue weighted by Gasteiger charge is -2.35. The van der Waals surface area contributed by atoms with Crippen LogP contribution in [0.15, 0.2) is 61.1 Å². The molecule has 0 saturated carbocycles. The van der Waals surface area contributed by atoms with Crippen molar-refractivity contribution in [2.24, 2.45) is 5.73 Å². The number of amides is 1. The van der Waals surface area contributed by atoms with E-state index in [4.69, 9.17) is 10.5 Å². The number of hydrogen-bond donors (Lipinski definition) is 1. The molecule has 0 aliphatic carbocycles. The molecule has 0 atom stereocenters. The van der Waals surface area contributed by atoms with Crippen molar-refractivity contribution < 1.29 is 9.53 Å². The van der Waals surface area contributed by atoms with Crippen LogP contribution in [0.25, 0.3) is 11.0 Å². The molecule has 1 amide bonds. The summed E-state index contributed by atoms with van der Waals surface area (Å²) in [6, 6.07) is 15.8. The van der Waals surface area contributed by atoms with Gasteiger partial charge >= 0.3 is 0 Å². The molecular formula is C30H37N7O2. The standard InChI is InChI=1S/C30H37N7O2/c1-4-30(31,5-2)24-12-10-23(11-13-24)29(38)36-16-14-35(15-17-36)27-26-19-34-37(28(26)33-21-32-27)20-22-8-7-9-25(18-22)39-6-3/h7-13,18-19,21H,4-6,14-17,20,31H2,1-3H3. The lowest BCUT2D eigenvalue weighted by Crippen LogP contribution is -2.49. The fraction of sp³-hybridized carbons (Fsp3) is 0.400. The second-order valence-electron chi connectivity index (χ2n) is 10.0. The van der Waals surface area contributed by atoms with Gasteiger partial charge < -0.3 is 20.3 Å². The first kappa shape index (κ1) is 26.6. The third kappa shape index (κ3) is 5.45. The number of hydrogen-bond acceptors (Lipinski definition) is 7. The molecule has 3 heterocycles. The van der Waals surface area contributed by atoms with Gasteiger partial charge in [0, 0.05) is 37.3 Å². The van der Waals surface area contributed by atoms with Gasteiger partial charge in [-0.1, -0.05) is 38.1 Å². The molecule has 39 heavy (non-hydrogen) atoms. The number of aromatic nitrogens is 4. The van der Waals surface area contributed by atoms with Crippen LogP contribution >= 0.6 is 0 Å². The zero-order valence-electron chi connectivity index (χ0n) is 23.0. The molecular weight excluding hydrogens is 490 g/mol. The van der Waals surface area contributed by atoms with Crippen LogP contribution in [0.3, 0.4) is 0 Å². The molecule has 2 N–H and O–H groups in total. The number of anilines is 1. The summed E-state index contributed by atoms with van der Waals surface area (Å²) in [5, 5.41) is 5.52. The van der Waals surface area contributed by atoms with Crippen molar-refractivity contribution in [1.29, 1.82) is 0 Å². The summed E-state index contributed by atoms with van der Waals surface area (Å²) in [5.41, 5.74) is 9.83. The van der Waals surface area contributed by atoms with Gasteiger partial charge in [-0.05, 0) is 55.2 Å². The number of rotatable bonds is 9. The van der Waals surface area contributed by atoms with E-state index in [1.165, 1.54) is 0 Å². The van der Waals surface area contributed by atoms with Crippen LogP contribution in [-0.4, -0.2) is 63.3 Å². The van der Waals surface area contributed by atoms with E-state index in [-0.39, 0.29) is 11.4 Å². The smallest absolute Gasteiger partial charge is 0.253 e. The number of piperazine rings is 1. The minimum Gasteiger partial charge on any atom is -0.494 e. The van der Waals surface area contributed by atoms with Crippen LogP contribution in [-0.2, 0) is 12.1 Å². The molecule has 1 aliphatic heterocycles. The van der Waals surface area contributed by atoms with Crippen LogP contribution in [0.4, 0.5) is 5.82 Å². The monoisotopic (exact) mass is 527 g/mol. The molecule has 2 aromatic carbocycles. The molecule has 0 unspecified atom stereocenters. The summed E-state index contributed by atoms with van der Waals surface area (Å²) in [7, 11) is 0. The maximum absolute atomic E-state index is 13.2. The number of benzene rings is 2. The first-order chi connectivity index (χ1) is 19.0. The highest BCUT2D eigenvalue weighted by Gasteiger charge is 2.26. The molecule has 1 saturated heterocycles. The predicted molar refractivity (Wildman–Crippen MR) is 153 cm³/mol. The number of carbonyl (C=O) groups excluding carboxylic acids is 1. The molecule has 1 fully saturated rings. The summed E-state index contributed by atoms with van der Waals surface area (Å²) >= 11 is 0. The highest BCUT2D eigenvalue weighted by Crippen LogP contribution is 2.27. The Labute approximate surface area is 229 Å². The van der Waals surface area contributed by atoms with Crippen LogP contribution < -0.4 is 15.4 Å². The van der Waals surface area contributed by atoms with Crippen molar-refractivity contribution in [3.63, 3.8) is 0 Å². The number of carbonyl (C=O) groups is 1. The van der Waals surface area contributed by atoms with Crippen LogP contribution in [0.2, 0.25) is 0 Å². The second-order valence-corrected chi connectivity index (χ2v) is 10.0. The van der Waals surface area contributed by atoms with E-state index in [0.29, 0.717) is 44.9 Å².